The molecule has 0 fully saturated rings. The van der Waals surface area contributed by atoms with Crippen molar-refractivity contribution in [3.05, 3.63) is 47.8 Å². The van der Waals surface area contributed by atoms with Crippen LogP contribution in [0.2, 0.25) is 0 Å². The number of carbonyl (C=O) groups is 3. The van der Waals surface area contributed by atoms with Gasteiger partial charge < -0.3 is 26.0 Å². The van der Waals surface area contributed by atoms with Crippen LogP contribution >= 0.6 is 0 Å². The SMILES string of the molecule is CC(C)(C)CC1NC=C(NC(=O)CCC(C)(C)NC(=O)OCc2ccccc2)C(=O)N1. The van der Waals surface area contributed by atoms with Gasteiger partial charge in [-0.25, -0.2) is 4.79 Å². The number of ether oxygens (including phenoxy) is 1. The molecule has 0 aromatic heterocycles. The second kappa shape index (κ2) is 10.3. The molecule has 1 unspecified atom stereocenters. The fourth-order valence-corrected chi connectivity index (χ4v) is 3.08. The van der Waals surface area contributed by atoms with Crippen molar-refractivity contribution < 1.29 is 19.1 Å². The molecule has 2 rings (SSSR count). The van der Waals surface area contributed by atoms with Gasteiger partial charge in [0.1, 0.15) is 12.3 Å². The Kier molecular flexibility index (Phi) is 8.08. The molecule has 0 saturated heterocycles. The van der Waals surface area contributed by atoms with E-state index < -0.39 is 11.6 Å². The van der Waals surface area contributed by atoms with Crippen molar-refractivity contribution in [1.82, 2.24) is 21.3 Å². The third kappa shape index (κ3) is 9.11. The van der Waals surface area contributed by atoms with Crippen molar-refractivity contribution in [2.45, 2.75) is 72.2 Å². The first-order valence-corrected chi connectivity index (χ1v) is 10.5. The zero-order valence-corrected chi connectivity index (χ0v) is 19.0. The predicted molar refractivity (Wildman–Crippen MR) is 118 cm³/mol. The Hall–Kier alpha value is -3.03. The average molecular weight is 431 g/mol. The number of benzene rings is 1. The van der Waals surface area contributed by atoms with Crippen LogP contribution in [0.25, 0.3) is 0 Å². The molecule has 0 aliphatic carbocycles. The summed E-state index contributed by atoms with van der Waals surface area (Å²) in [5.41, 5.74) is 0.487. The molecule has 1 aromatic carbocycles. The second-order valence-electron chi connectivity index (χ2n) is 9.63. The van der Waals surface area contributed by atoms with Gasteiger partial charge in [0.05, 0.1) is 6.17 Å². The molecule has 8 heteroatoms. The zero-order chi connectivity index (χ0) is 23.1. The van der Waals surface area contributed by atoms with Crippen molar-refractivity contribution in [2.24, 2.45) is 5.41 Å². The first-order valence-electron chi connectivity index (χ1n) is 10.5. The lowest BCUT2D eigenvalue weighted by Gasteiger charge is -2.30. The Morgan fingerprint density at radius 2 is 1.77 bits per heavy atom. The van der Waals surface area contributed by atoms with Gasteiger partial charge in [0.15, 0.2) is 0 Å². The van der Waals surface area contributed by atoms with Crippen molar-refractivity contribution in [2.75, 3.05) is 0 Å². The summed E-state index contributed by atoms with van der Waals surface area (Å²) in [7, 11) is 0. The fourth-order valence-electron chi connectivity index (χ4n) is 3.08. The number of hydrogen-bond acceptors (Lipinski definition) is 5. The molecular formula is C23H34N4O4. The summed E-state index contributed by atoms with van der Waals surface area (Å²) in [6.45, 7) is 10.1. The number of nitrogens with one attached hydrogen (secondary N) is 4. The Bertz CT molecular complexity index is 813. The van der Waals surface area contributed by atoms with E-state index in [0.717, 1.165) is 12.0 Å². The summed E-state index contributed by atoms with van der Waals surface area (Å²) in [5, 5.41) is 11.4. The van der Waals surface area contributed by atoms with E-state index in [1.807, 2.05) is 44.2 Å². The first-order chi connectivity index (χ1) is 14.4. The minimum Gasteiger partial charge on any atom is -0.445 e. The molecule has 1 aromatic rings. The summed E-state index contributed by atoms with van der Waals surface area (Å²) in [5.74, 6) is -0.617. The van der Waals surface area contributed by atoms with Gasteiger partial charge in [-0.1, -0.05) is 51.1 Å². The van der Waals surface area contributed by atoms with Crippen LogP contribution in [0.15, 0.2) is 42.2 Å². The Balaban J connectivity index is 1.75. The second-order valence-corrected chi connectivity index (χ2v) is 9.63. The molecule has 0 saturated carbocycles. The molecule has 1 heterocycles. The summed E-state index contributed by atoms with van der Waals surface area (Å²) in [6.07, 6.45) is 2.11. The lowest BCUT2D eigenvalue weighted by molar-refractivity contribution is -0.124. The van der Waals surface area contributed by atoms with Crippen LogP contribution in [0.5, 0.6) is 0 Å². The summed E-state index contributed by atoms with van der Waals surface area (Å²) in [4.78, 5) is 36.6. The number of carbonyl (C=O) groups excluding carboxylic acids is 3. The van der Waals surface area contributed by atoms with Crippen LogP contribution < -0.4 is 21.3 Å². The molecule has 4 N–H and O–H groups in total. The van der Waals surface area contributed by atoms with Crippen LogP contribution in [0.3, 0.4) is 0 Å². The molecule has 1 aliphatic rings. The van der Waals surface area contributed by atoms with E-state index in [2.05, 4.69) is 42.0 Å². The normalized spacial score (nSPS) is 16.5. The van der Waals surface area contributed by atoms with Crippen LogP contribution in [0.1, 0.15) is 59.4 Å². The van der Waals surface area contributed by atoms with E-state index in [1.54, 1.807) is 0 Å². The van der Waals surface area contributed by atoms with E-state index in [4.69, 9.17) is 4.74 Å². The Morgan fingerprint density at radius 3 is 2.39 bits per heavy atom. The summed E-state index contributed by atoms with van der Waals surface area (Å²) < 4.78 is 5.23. The maximum Gasteiger partial charge on any atom is 0.407 e. The number of alkyl carbamates (subject to hydrolysis) is 1. The van der Waals surface area contributed by atoms with Crippen molar-refractivity contribution in [3.63, 3.8) is 0 Å². The minimum absolute atomic E-state index is 0.0559. The number of rotatable bonds is 8. The van der Waals surface area contributed by atoms with Gasteiger partial charge in [-0.15, -0.1) is 0 Å². The first kappa shape index (κ1) is 24.2. The van der Waals surface area contributed by atoms with Crippen molar-refractivity contribution in [1.29, 1.82) is 0 Å². The van der Waals surface area contributed by atoms with Gasteiger partial charge in [0, 0.05) is 18.2 Å². The van der Waals surface area contributed by atoms with Gasteiger partial charge in [0.2, 0.25) is 5.91 Å². The van der Waals surface area contributed by atoms with Crippen molar-refractivity contribution >= 4 is 17.9 Å². The molecule has 1 atom stereocenters. The third-order valence-electron chi connectivity index (χ3n) is 4.70. The highest BCUT2D eigenvalue weighted by molar-refractivity contribution is 5.98. The molecule has 170 valence electrons. The zero-order valence-electron chi connectivity index (χ0n) is 19.0. The van der Waals surface area contributed by atoms with Gasteiger partial charge >= 0.3 is 6.09 Å². The fraction of sp³-hybridized carbons (Fsp3) is 0.522. The van der Waals surface area contributed by atoms with Crippen molar-refractivity contribution in [3.8, 4) is 0 Å². The quantitative estimate of drug-likeness (QED) is 0.507. The van der Waals surface area contributed by atoms with E-state index >= 15 is 0 Å². The molecule has 0 bridgehead atoms. The molecule has 8 nitrogen and oxygen atoms in total. The number of amides is 3. The summed E-state index contributed by atoms with van der Waals surface area (Å²) in [6, 6.07) is 9.39. The smallest absolute Gasteiger partial charge is 0.407 e. The van der Waals surface area contributed by atoms with Gasteiger partial charge in [-0.3, -0.25) is 9.59 Å². The predicted octanol–water partition coefficient (Wildman–Crippen LogP) is 2.91. The molecular weight excluding hydrogens is 396 g/mol. The largest absolute Gasteiger partial charge is 0.445 e. The molecule has 3 amide bonds. The average Bonchev–Trinajstić information content (AvgIpc) is 2.66. The van der Waals surface area contributed by atoms with E-state index in [9.17, 15) is 14.4 Å². The van der Waals surface area contributed by atoms with Crippen LogP contribution in [0, 0.1) is 5.41 Å². The highest BCUT2D eigenvalue weighted by atomic mass is 16.5. The van der Waals surface area contributed by atoms with Gasteiger partial charge in [-0.2, -0.15) is 0 Å². The Morgan fingerprint density at radius 1 is 1.10 bits per heavy atom. The lowest BCUT2D eigenvalue weighted by Crippen LogP contribution is -2.52. The monoisotopic (exact) mass is 430 g/mol. The topological polar surface area (TPSA) is 109 Å². The van der Waals surface area contributed by atoms with Crippen LogP contribution in [-0.4, -0.2) is 29.6 Å². The summed E-state index contributed by atoms with van der Waals surface area (Å²) >= 11 is 0. The molecule has 1 aliphatic heterocycles. The van der Waals surface area contributed by atoms with E-state index in [-0.39, 0.29) is 42.1 Å². The van der Waals surface area contributed by atoms with E-state index in [0.29, 0.717) is 6.42 Å². The maximum absolute atomic E-state index is 12.3. The standard InChI is InChI=1S/C23H34N4O4/c1-22(2,3)13-18-24-14-17(20(29)26-18)25-19(28)11-12-23(4,5)27-21(30)31-15-16-9-7-6-8-10-16/h6-10,14,18,24H,11-13,15H2,1-5H3,(H,25,28)(H,26,29)(H,27,30). The van der Waals surface area contributed by atoms with Crippen LogP contribution in [0.4, 0.5) is 4.79 Å². The van der Waals surface area contributed by atoms with Gasteiger partial charge in [0.25, 0.3) is 5.91 Å². The molecule has 31 heavy (non-hydrogen) atoms. The van der Waals surface area contributed by atoms with Crippen LogP contribution in [-0.2, 0) is 20.9 Å². The van der Waals surface area contributed by atoms with E-state index in [1.165, 1.54) is 6.20 Å². The molecule has 0 radical (unpaired) electrons. The highest BCUT2D eigenvalue weighted by Gasteiger charge is 2.27. The van der Waals surface area contributed by atoms with Gasteiger partial charge in [-0.05, 0) is 37.7 Å². The third-order valence-corrected chi connectivity index (χ3v) is 4.70. The molecule has 0 spiro atoms. The minimum atomic E-state index is -0.648. The maximum atomic E-state index is 12.3. The lowest BCUT2D eigenvalue weighted by atomic mass is 9.90. The number of hydrogen-bond donors (Lipinski definition) is 4. The highest BCUT2D eigenvalue weighted by Crippen LogP contribution is 2.21. The Labute approximate surface area is 184 Å².